The van der Waals surface area contributed by atoms with Gasteiger partial charge in [-0.3, -0.25) is 9.59 Å². The van der Waals surface area contributed by atoms with Gasteiger partial charge in [-0.1, -0.05) is 25.1 Å². The van der Waals surface area contributed by atoms with Gasteiger partial charge in [-0.15, -0.1) is 11.8 Å². The number of thioether (sulfide) groups is 1. The second-order valence-corrected chi connectivity index (χ2v) is 7.74. The lowest BCUT2D eigenvalue weighted by molar-refractivity contribution is -0.117. The molecule has 2 N–H and O–H groups in total. The third-order valence-corrected chi connectivity index (χ3v) is 5.55. The molecule has 3 rings (SSSR count). The largest absolute Gasteiger partial charge is 0.346 e. The molecule has 0 aromatic heterocycles. The molecule has 0 spiro atoms. The van der Waals surface area contributed by atoms with Crippen molar-refractivity contribution in [2.45, 2.75) is 31.2 Å². The molecule has 26 heavy (non-hydrogen) atoms. The number of amides is 2. The van der Waals surface area contributed by atoms with E-state index >= 15 is 0 Å². The van der Waals surface area contributed by atoms with E-state index in [1.165, 1.54) is 4.90 Å². The summed E-state index contributed by atoms with van der Waals surface area (Å²) in [6, 6.07) is 15.2. The van der Waals surface area contributed by atoms with Gasteiger partial charge in [0.05, 0.1) is 6.04 Å². The zero-order chi connectivity index (χ0) is 18.7. The number of carbonyl (C=O) groups is 2. The van der Waals surface area contributed by atoms with Gasteiger partial charge in [0.25, 0.3) is 5.91 Å². The Balaban J connectivity index is 1.63. The summed E-state index contributed by atoms with van der Waals surface area (Å²) in [7, 11) is 0. The average molecular weight is 369 g/mol. The summed E-state index contributed by atoms with van der Waals surface area (Å²) in [5.74, 6) is 0.455. The Hall–Kier alpha value is -2.27. The maximum Gasteiger partial charge on any atom is 0.251 e. The average Bonchev–Trinajstić information content (AvgIpc) is 3.39. The number of hydrogen-bond donors (Lipinski definition) is 2. The van der Waals surface area contributed by atoms with E-state index < -0.39 is 0 Å². The van der Waals surface area contributed by atoms with E-state index in [1.54, 1.807) is 30.0 Å². The molecule has 1 aliphatic rings. The van der Waals surface area contributed by atoms with Crippen LogP contribution in [0.2, 0.25) is 0 Å². The normalized spacial score (nSPS) is 19.5. The van der Waals surface area contributed by atoms with E-state index in [0.717, 1.165) is 12.0 Å². The molecular formula is C21H24N2O2S. The molecular weight excluding hydrogens is 344 g/mol. The molecule has 2 aromatic carbocycles. The molecule has 1 saturated carbocycles. The second kappa shape index (κ2) is 7.96. The quantitative estimate of drug-likeness (QED) is 0.739. The lowest BCUT2D eigenvalue weighted by Gasteiger charge is -2.15. The molecule has 2 amide bonds. The van der Waals surface area contributed by atoms with Crippen molar-refractivity contribution in [3.05, 3.63) is 59.7 Å². The van der Waals surface area contributed by atoms with E-state index in [2.05, 4.69) is 29.7 Å². The highest BCUT2D eigenvalue weighted by Crippen LogP contribution is 2.38. The summed E-state index contributed by atoms with van der Waals surface area (Å²) >= 11 is 1.69. The van der Waals surface area contributed by atoms with Crippen LogP contribution in [-0.2, 0) is 4.79 Å². The van der Waals surface area contributed by atoms with E-state index in [1.807, 2.05) is 31.4 Å². The minimum absolute atomic E-state index is 0.0392. The number of hydrogen-bond acceptors (Lipinski definition) is 3. The van der Waals surface area contributed by atoms with Crippen LogP contribution in [0, 0.1) is 11.8 Å². The van der Waals surface area contributed by atoms with Gasteiger partial charge in [-0.25, -0.2) is 0 Å². The first-order chi connectivity index (χ1) is 12.5. The van der Waals surface area contributed by atoms with Crippen molar-refractivity contribution in [3.8, 4) is 0 Å². The van der Waals surface area contributed by atoms with Crippen LogP contribution in [0.1, 0.15) is 42.2 Å². The molecule has 0 bridgehead atoms. The van der Waals surface area contributed by atoms with Crippen LogP contribution in [0.5, 0.6) is 0 Å². The molecule has 0 aliphatic heterocycles. The van der Waals surface area contributed by atoms with Crippen molar-refractivity contribution < 1.29 is 9.59 Å². The van der Waals surface area contributed by atoms with E-state index in [9.17, 15) is 9.59 Å². The van der Waals surface area contributed by atoms with Crippen molar-refractivity contribution in [2.75, 3.05) is 11.6 Å². The van der Waals surface area contributed by atoms with Crippen LogP contribution < -0.4 is 10.6 Å². The minimum atomic E-state index is -0.151. The van der Waals surface area contributed by atoms with Gasteiger partial charge in [0.1, 0.15) is 0 Å². The van der Waals surface area contributed by atoms with Crippen molar-refractivity contribution in [3.63, 3.8) is 0 Å². The Morgan fingerprint density at radius 1 is 1.15 bits per heavy atom. The Morgan fingerprint density at radius 3 is 2.46 bits per heavy atom. The second-order valence-electron chi connectivity index (χ2n) is 6.86. The Bertz CT molecular complexity index is 804. The fourth-order valence-corrected chi connectivity index (χ4v) is 3.32. The lowest BCUT2D eigenvalue weighted by Crippen LogP contribution is -2.26. The summed E-state index contributed by atoms with van der Waals surface area (Å²) in [5.41, 5.74) is 2.27. The molecule has 0 radical (unpaired) electrons. The lowest BCUT2D eigenvalue weighted by atomic mass is 10.1. The summed E-state index contributed by atoms with van der Waals surface area (Å²) in [4.78, 5) is 25.8. The first kappa shape index (κ1) is 18.5. The minimum Gasteiger partial charge on any atom is -0.346 e. The van der Waals surface area contributed by atoms with Gasteiger partial charge in [-0.05, 0) is 61.4 Å². The predicted molar refractivity (Wildman–Crippen MR) is 106 cm³/mol. The highest BCUT2D eigenvalue weighted by atomic mass is 32.2. The highest BCUT2D eigenvalue weighted by molar-refractivity contribution is 7.98. The fourth-order valence-electron chi connectivity index (χ4n) is 2.92. The molecule has 3 unspecified atom stereocenters. The predicted octanol–water partition coefficient (Wildman–Crippen LogP) is 4.49. The first-order valence-electron chi connectivity index (χ1n) is 8.83. The third kappa shape index (κ3) is 4.47. The Kier molecular flexibility index (Phi) is 5.67. The highest BCUT2D eigenvalue weighted by Gasteiger charge is 2.39. The molecule has 3 atom stereocenters. The molecule has 2 aromatic rings. The van der Waals surface area contributed by atoms with Crippen LogP contribution in [-0.4, -0.2) is 18.1 Å². The van der Waals surface area contributed by atoms with Gasteiger partial charge in [0.15, 0.2) is 0 Å². The van der Waals surface area contributed by atoms with Crippen LogP contribution in [0.4, 0.5) is 5.69 Å². The number of anilines is 1. The summed E-state index contributed by atoms with van der Waals surface area (Å²) < 4.78 is 0. The number of carbonyl (C=O) groups excluding carboxylic acids is 2. The number of benzene rings is 2. The summed E-state index contributed by atoms with van der Waals surface area (Å²) in [6.45, 7) is 4.04. The van der Waals surface area contributed by atoms with Gasteiger partial charge in [0, 0.05) is 22.1 Å². The van der Waals surface area contributed by atoms with Crippen molar-refractivity contribution in [1.29, 1.82) is 0 Å². The van der Waals surface area contributed by atoms with Crippen LogP contribution >= 0.6 is 11.8 Å². The number of rotatable bonds is 6. The Labute approximate surface area is 158 Å². The summed E-state index contributed by atoms with van der Waals surface area (Å²) in [5, 5.41) is 5.92. The van der Waals surface area contributed by atoms with Crippen molar-refractivity contribution in [1.82, 2.24) is 5.32 Å². The van der Waals surface area contributed by atoms with Crippen molar-refractivity contribution in [2.24, 2.45) is 11.8 Å². The molecule has 0 heterocycles. The third-order valence-electron chi connectivity index (χ3n) is 4.80. The summed E-state index contributed by atoms with van der Waals surface area (Å²) in [6.07, 6.45) is 2.98. The fraction of sp³-hybridized carbons (Fsp3) is 0.333. The van der Waals surface area contributed by atoms with E-state index in [0.29, 0.717) is 17.2 Å². The zero-order valence-corrected chi connectivity index (χ0v) is 16.1. The van der Waals surface area contributed by atoms with Gasteiger partial charge < -0.3 is 10.6 Å². The maximum absolute atomic E-state index is 12.6. The molecule has 5 heteroatoms. The monoisotopic (exact) mass is 368 g/mol. The molecule has 1 fully saturated rings. The SMILES string of the molecule is CSc1ccc(C(C)NC(=O)c2cccc(NC(=O)C3CC3C)c2)cc1. The zero-order valence-electron chi connectivity index (χ0n) is 15.3. The molecule has 4 nitrogen and oxygen atoms in total. The molecule has 136 valence electrons. The number of nitrogens with one attached hydrogen (secondary N) is 2. The van der Waals surface area contributed by atoms with Crippen LogP contribution in [0.3, 0.4) is 0 Å². The van der Waals surface area contributed by atoms with Gasteiger partial charge in [0.2, 0.25) is 5.91 Å². The first-order valence-corrected chi connectivity index (χ1v) is 10.1. The van der Waals surface area contributed by atoms with Crippen LogP contribution in [0.15, 0.2) is 53.4 Å². The molecule has 1 aliphatic carbocycles. The molecule has 0 saturated heterocycles. The maximum atomic E-state index is 12.6. The standard InChI is InChI=1S/C21H24N2O2S/c1-13-11-19(13)21(25)23-17-6-4-5-16(12-17)20(24)22-14(2)15-7-9-18(26-3)10-8-15/h4-10,12-14,19H,11H2,1-3H3,(H,22,24)(H,23,25). The smallest absolute Gasteiger partial charge is 0.251 e. The van der Waals surface area contributed by atoms with E-state index in [-0.39, 0.29) is 23.8 Å². The van der Waals surface area contributed by atoms with E-state index in [4.69, 9.17) is 0 Å². The van der Waals surface area contributed by atoms with Gasteiger partial charge in [-0.2, -0.15) is 0 Å². The van der Waals surface area contributed by atoms with Gasteiger partial charge >= 0.3 is 0 Å². The Morgan fingerprint density at radius 2 is 1.85 bits per heavy atom. The van der Waals surface area contributed by atoms with Crippen molar-refractivity contribution >= 4 is 29.3 Å². The topological polar surface area (TPSA) is 58.2 Å². The van der Waals surface area contributed by atoms with Crippen LogP contribution in [0.25, 0.3) is 0 Å².